The van der Waals surface area contributed by atoms with Crippen molar-refractivity contribution in [3.63, 3.8) is 0 Å². The van der Waals surface area contributed by atoms with Gasteiger partial charge in [-0.15, -0.1) is 0 Å². The number of benzene rings is 1. The van der Waals surface area contributed by atoms with E-state index in [9.17, 15) is 4.79 Å². The summed E-state index contributed by atoms with van der Waals surface area (Å²) in [7, 11) is 1.62. The fourth-order valence-corrected chi connectivity index (χ4v) is 2.81. The fourth-order valence-electron chi connectivity index (χ4n) is 2.81. The molecule has 1 atom stereocenters. The second-order valence-electron chi connectivity index (χ2n) is 6.35. The number of hydrogen-bond acceptors (Lipinski definition) is 7. The first kappa shape index (κ1) is 19.4. The Morgan fingerprint density at radius 1 is 1.21 bits per heavy atom. The van der Waals surface area contributed by atoms with Gasteiger partial charge in [0.05, 0.1) is 26.1 Å². The number of hydrogen-bond donors (Lipinski definition) is 2. The van der Waals surface area contributed by atoms with Gasteiger partial charge in [0.1, 0.15) is 17.6 Å². The van der Waals surface area contributed by atoms with E-state index in [-0.39, 0.29) is 6.04 Å². The highest BCUT2D eigenvalue weighted by atomic mass is 16.5. The SMILES string of the molecule is COc1ccc([C@@H](C)NC(=O)OCCCCn2cnc3c(N)ncnc32)cc1. The maximum Gasteiger partial charge on any atom is 0.407 e. The number of aromatic nitrogens is 4. The summed E-state index contributed by atoms with van der Waals surface area (Å²) in [5.41, 5.74) is 8.07. The molecule has 2 aromatic heterocycles. The molecule has 0 spiro atoms. The van der Waals surface area contributed by atoms with Crippen LogP contribution in [0.4, 0.5) is 10.6 Å². The predicted octanol–water partition coefficient (Wildman–Crippen LogP) is 2.68. The van der Waals surface area contributed by atoms with E-state index in [1.54, 1.807) is 13.4 Å². The van der Waals surface area contributed by atoms with Crippen molar-refractivity contribution in [2.45, 2.75) is 32.4 Å². The molecular weight excluding hydrogens is 360 g/mol. The van der Waals surface area contributed by atoms with E-state index in [1.165, 1.54) is 6.33 Å². The molecule has 3 N–H and O–H groups in total. The molecule has 0 saturated heterocycles. The molecule has 0 saturated carbocycles. The van der Waals surface area contributed by atoms with Crippen LogP contribution in [0.5, 0.6) is 5.75 Å². The normalized spacial score (nSPS) is 11.9. The van der Waals surface area contributed by atoms with Crippen molar-refractivity contribution in [3.8, 4) is 5.75 Å². The second-order valence-corrected chi connectivity index (χ2v) is 6.35. The smallest absolute Gasteiger partial charge is 0.407 e. The van der Waals surface area contributed by atoms with Crippen molar-refractivity contribution in [1.29, 1.82) is 0 Å². The first-order chi connectivity index (χ1) is 13.6. The minimum atomic E-state index is -0.433. The number of fused-ring (bicyclic) bond motifs is 1. The summed E-state index contributed by atoms with van der Waals surface area (Å²) in [6, 6.07) is 7.39. The number of nitrogens with one attached hydrogen (secondary N) is 1. The molecule has 0 aliphatic rings. The summed E-state index contributed by atoms with van der Waals surface area (Å²) in [5, 5.41) is 2.82. The minimum Gasteiger partial charge on any atom is -0.497 e. The largest absolute Gasteiger partial charge is 0.497 e. The third-order valence-electron chi connectivity index (χ3n) is 4.41. The quantitative estimate of drug-likeness (QED) is 0.573. The highest BCUT2D eigenvalue weighted by Crippen LogP contribution is 2.17. The van der Waals surface area contributed by atoms with E-state index in [0.717, 1.165) is 24.2 Å². The van der Waals surface area contributed by atoms with Gasteiger partial charge in [-0.25, -0.2) is 19.7 Å². The average Bonchev–Trinajstić information content (AvgIpc) is 3.12. The number of methoxy groups -OCH3 is 1. The number of unbranched alkanes of at least 4 members (excludes halogenated alkanes) is 1. The van der Waals surface area contributed by atoms with Crippen LogP contribution in [0.1, 0.15) is 31.4 Å². The number of carbonyl (C=O) groups is 1. The van der Waals surface area contributed by atoms with Crippen molar-refractivity contribution >= 4 is 23.1 Å². The van der Waals surface area contributed by atoms with Crippen LogP contribution in [0.3, 0.4) is 0 Å². The van der Waals surface area contributed by atoms with Crippen LogP contribution in [0.15, 0.2) is 36.9 Å². The number of nitrogens with zero attached hydrogens (tertiary/aromatic N) is 4. The molecule has 0 fully saturated rings. The Bertz CT molecular complexity index is 925. The lowest BCUT2D eigenvalue weighted by molar-refractivity contribution is 0.140. The number of rotatable bonds is 8. The summed E-state index contributed by atoms with van der Waals surface area (Å²) in [6.45, 7) is 2.95. The average molecular weight is 384 g/mol. The Morgan fingerprint density at radius 3 is 2.75 bits per heavy atom. The lowest BCUT2D eigenvalue weighted by Gasteiger charge is -2.15. The summed E-state index contributed by atoms with van der Waals surface area (Å²) >= 11 is 0. The molecule has 0 bridgehead atoms. The van der Waals surface area contributed by atoms with Crippen molar-refractivity contribution < 1.29 is 14.3 Å². The zero-order valence-electron chi connectivity index (χ0n) is 16.0. The van der Waals surface area contributed by atoms with Crippen LogP contribution < -0.4 is 15.8 Å². The molecule has 3 aromatic rings. The number of carbonyl (C=O) groups excluding carboxylic acids is 1. The molecule has 0 aliphatic heterocycles. The second kappa shape index (κ2) is 9.03. The van der Waals surface area contributed by atoms with E-state index < -0.39 is 6.09 Å². The van der Waals surface area contributed by atoms with E-state index in [1.807, 2.05) is 35.8 Å². The van der Waals surface area contributed by atoms with E-state index >= 15 is 0 Å². The van der Waals surface area contributed by atoms with Crippen LogP contribution in [-0.2, 0) is 11.3 Å². The number of aryl methyl sites for hydroxylation is 1. The van der Waals surface area contributed by atoms with Crippen LogP contribution >= 0.6 is 0 Å². The molecule has 3 rings (SSSR count). The van der Waals surface area contributed by atoms with Crippen LogP contribution in [0.25, 0.3) is 11.2 Å². The van der Waals surface area contributed by atoms with Gasteiger partial charge in [0.15, 0.2) is 11.5 Å². The van der Waals surface area contributed by atoms with Crippen molar-refractivity contribution in [1.82, 2.24) is 24.8 Å². The van der Waals surface area contributed by atoms with Crippen molar-refractivity contribution in [3.05, 3.63) is 42.5 Å². The Hall–Kier alpha value is -3.36. The number of anilines is 1. The van der Waals surface area contributed by atoms with E-state index in [2.05, 4.69) is 20.3 Å². The third kappa shape index (κ3) is 4.67. The standard InChI is InChI=1S/C19H24N6O3/c1-13(14-5-7-15(27-2)8-6-14)24-19(26)28-10-4-3-9-25-12-23-16-17(20)21-11-22-18(16)25/h5-8,11-13H,3-4,9-10H2,1-2H3,(H,24,26)(H2,20,21,22)/t13-/m1/s1. The van der Waals surface area contributed by atoms with Gasteiger partial charge in [0.25, 0.3) is 0 Å². The summed E-state index contributed by atoms with van der Waals surface area (Å²) in [5.74, 6) is 1.15. The monoisotopic (exact) mass is 384 g/mol. The lowest BCUT2D eigenvalue weighted by Crippen LogP contribution is -2.27. The van der Waals surface area contributed by atoms with Crippen molar-refractivity contribution in [2.75, 3.05) is 19.5 Å². The Balaban J connectivity index is 1.38. The molecule has 148 valence electrons. The van der Waals surface area contributed by atoms with E-state index in [0.29, 0.717) is 30.1 Å². The van der Waals surface area contributed by atoms with Gasteiger partial charge in [0.2, 0.25) is 0 Å². The van der Waals surface area contributed by atoms with Gasteiger partial charge >= 0.3 is 6.09 Å². The fraction of sp³-hybridized carbons (Fsp3) is 0.368. The first-order valence-corrected chi connectivity index (χ1v) is 9.07. The summed E-state index contributed by atoms with van der Waals surface area (Å²) in [6.07, 6.45) is 4.23. The topological polar surface area (TPSA) is 117 Å². The van der Waals surface area contributed by atoms with Crippen LogP contribution in [0.2, 0.25) is 0 Å². The lowest BCUT2D eigenvalue weighted by atomic mass is 10.1. The Morgan fingerprint density at radius 2 is 2.00 bits per heavy atom. The number of alkyl carbamates (subject to hydrolysis) is 1. The summed E-state index contributed by atoms with van der Waals surface area (Å²) < 4.78 is 12.3. The number of ether oxygens (including phenoxy) is 2. The number of nitrogens with two attached hydrogens (primary N) is 1. The molecule has 1 aromatic carbocycles. The first-order valence-electron chi connectivity index (χ1n) is 9.07. The maximum absolute atomic E-state index is 11.9. The van der Waals surface area contributed by atoms with Gasteiger partial charge in [0, 0.05) is 6.54 Å². The van der Waals surface area contributed by atoms with Crippen molar-refractivity contribution in [2.24, 2.45) is 0 Å². The van der Waals surface area contributed by atoms with Gasteiger partial charge in [-0.3, -0.25) is 0 Å². The highest BCUT2D eigenvalue weighted by molar-refractivity contribution is 5.81. The molecule has 9 nitrogen and oxygen atoms in total. The molecule has 1 amide bonds. The molecule has 0 unspecified atom stereocenters. The molecule has 9 heteroatoms. The zero-order valence-corrected chi connectivity index (χ0v) is 16.0. The number of imidazole rings is 1. The number of amides is 1. The van der Waals surface area contributed by atoms with Gasteiger partial charge in [-0.2, -0.15) is 0 Å². The van der Waals surface area contributed by atoms with Gasteiger partial charge in [-0.05, 0) is 37.5 Å². The van der Waals surface area contributed by atoms with E-state index in [4.69, 9.17) is 15.2 Å². The molecule has 2 heterocycles. The van der Waals surface area contributed by atoms with Gasteiger partial charge < -0.3 is 25.1 Å². The zero-order chi connectivity index (χ0) is 19.9. The molecule has 0 radical (unpaired) electrons. The molecule has 28 heavy (non-hydrogen) atoms. The Kier molecular flexibility index (Phi) is 6.25. The third-order valence-corrected chi connectivity index (χ3v) is 4.41. The molecule has 0 aliphatic carbocycles. The Labute approximate surface area is 162 Å². The van der Waals surface area contributed by atoms with Crippen LogP contribution in [0, 0.1) is 0 Å². The number of nitrogen functional groups attached to an aromatic ring is 1. The molecular formula is C19H24N6O3. The van der Waals surface area contributed by atoms with Crippen LogP contribution in [-0.4, -0.2) is 39.3 Å². The minimum absolute atomic E-state index is 0.152. The van der Waals surface area contributed by atoms with Gasteiger partial charge in [-0.1, -0.05) is 12.1 Å². The maximum atomic E-state index is 11.9. The highest BCUT2D eigenvalue weighted by Gasteiger charge is 2.11. The summed E-state index contributed by atoms with van der Waals surface area (Å²) in [4.78, 5) is 24.3. The predicted molar refractivity (Wildman–Crippen MR) is 105 cm³/mol.